The third kappa shape index (κ3) is 4.92. The van der Waals surface area contributed by atoms with Crippen molar-refractivity contribution < 1.29 is 33.3 Å². The molecule has 0 unspecified atom stereocenters. The summed E-state index contributed by atoms with van der Waals surface area (Å²) in [5, 5.41) is 3.54. The molecule has 0 aromatic heterocycles. The number of benzene rings is 2. The summed E-state index contributed by atoms with van der Waals surface area (Å²) in [7, 11) is 3.96. The van der Waals surface area contributed by atoms with Crippen LogP contribution < -0.4 is 14.8 Å². The Balaban J connectivity index is 2.06. The molecule has 3 rings (SSSR count). The summed E-state index contributed by atoms with van der Waals surface area (Å²) >= 11 is 5.88. The quantitative estimate of drug-likeness (QED) is 0.481. The third-order valence-electron chi connectivity index (χ3n) is 5.37. The van der Waals surface area contributed by atoms with E-state index in [1.807, 2.05) is 0 Å². The molecule has 0 saturated heterocycles. The number of methoxy groups -OCH3 is 3. The van der Waals surface area contributed by atoms with E-state index in [0.29, 0.717) is 27.5 Å². The van der Waals surface area contributed by atoms with Gasteiger partial charge >= 0.3 is 17.9 Å². The van der Waals surface area contributed by atoms with Gasteiger partial charge in [0, 0.05) is 16.4 Å². The van der Waals surface area contributed by atoms with Crippen molar-refractivity contribution in [3.05, 3.63) is 81.2 Å². The molecule has 1 aliphatic heterocycles. The Morgan fingerprint density at radius 1 is 0.794 bits per heavy atom. The van der Waals surface area contributed by atoms with E-state index in [4.69, 9.17) is 30.5 Å². The van der Waals surface area contributed by atoms with E-state index >= 15 is 0 Å². The molecule has 0 radical (unpaired) electrons. The van der Waals surface area contributed by atoms with Gasteiger partial charge in [0.25, 0.3) is 0 Å². The zero-order valence-corrected chi connectivity index (χ0v) is 20.1. The second-order valence-electron chi connectivity index (χ2n) is 7.43. The van der Waals surface area contributed by atoms with Crippen LogP contribution in [0.4, 0.5) is 0 Å². The van der Waals surface area contributed by atoms with Crippen molar-refractivity contribution in [3.63, 3.8) is 0 Å². The molecule has 2 aromatic carbocycles. The molecule has 178 valence electrons. The molecule has 1 N–H and O–H groups in total. The van der Waals surface area contributed by atoms with Gasteiger partial charge in [0.2, 0.25) is 0 Å². The maximum absolute atomic E-state index is 12.7. The molecule has 1 aliphatic rings. The van der Waals surface area contributed by atoms with E-state index in [2.05, 4.69) is 5.32 Å². The highest BCUT2D eigenvalue weighted by molar-refractivity contribution is 6.30. The number of nitrogens with one attached hydrogen (secondary N) is 1. The van der Waals surface area contributed by atoms with Crippen LogP contribution in [-0.4, -0.2) is 39.2 Å². The number of halogens is 1. The van der Waals surface area contributed by atoms with Gasteiger partial charge in [-0.1, -0.05) is 17.7 Å². The van der Waals surface area contributed by atoms with E-state index < -0.39 is 23.8 Å². The van der Waals surface area contributed by atoms with Gasteiger partial charge in [0.15, 0.2) is 11.5 Å². The van der Waals surface area contributed by atoms with Crippen LogP contribution in [0, 0.1) is 0 Å². The van der Waals surface area contributed by atoms with Crippen molar-refractivity contribution in [2.75, 3.05) is 21.3 Å². The van der Waals surface area contributed by atoms with Crippen molar-refractivity contribution in [1.29, 1.82) is 0 Å². The molecule has 0 amide bonds. The Morgan fingerprint density at radius 3 is 1.85 bits per heavy atom. The van der Waals surface area contributed by atoms with Gasteiger partial charge in [0.05, 0.1) is 44.0 Å². The summed E-state index contributed by atoms with van der Waals surface area (Å²) in [4.78, 5) is 37.9. The number of dihydropyridines is 1. The maximum atomic E-state index is 12.7. The van der Waals surface area contributed by atoms with Crippen molar-refractivity contribution in [1.82, 2.24) is 5.32 Å². The minimum Gasteiger partial charge on any atom is -0.493 e. The average molecular weight is 486 g/mol. The topological polar surface area (TPSA) is 100 Å². The van der Waals surface area contributed by atoms with Crippen LogP contribution in [0.5, 0.6) is 11.5 Å². The van der Waals surface area contributed by atoms with E-state index in [1.54, 1.807) is 56.3 Å². The third-order valence-corrected chi connectivity index (χ3v) is 5.63. The maximum Gasteiger partial charge on any atom is 0.343 e. The lowest BCUT2D eigenvalue weighted by Crippen LogP contribution is -2.32. The lowest BCUT2D eigenvalue weighted by molar-refractivity contribution is -0.137. The smallest absolute Gasteiger partial charge is 0.343 e. The highest BCUT2D eigenvalue weighted by Gasteiger charge is 2.38. The first-order valence-electron chi connectivity index (χ1n) is 10.2. The monoisotopic (exact) mass is 485 g/mol. The standard InChI is InChI=1S/C25H24ClNO7/c1-13-20(24(29)32-4)22(21(14(2)27-13)25(30)33-5)16-8-11-18(19(12-16)31-3)34-23(28)15-6-9-17(26)10-7-15/h6-12,22,27H,1-5H3. The zero-order valence-electron chi connectivity index (χ0n) is 19.4. The normalized spacial score (nSPS) is 13.8. The fourth-order valence-corrected chi connectivity index (χ4v) is 3.91. The highest BCUT2D eigenvalue weighted by atomic mass is 35.5. The molecule has 0 fully saturated rings. The van der Waals surface area contributed by atoms with Crippen molar-refractivity contribution in [2.45, 2.75) is 19.8 Å². The molecule has 0 bridgehead atoms. The number of hydrogen-bond donors (Lipinski definition) is 1. The number of esters is 3. The Kier molecular flexibility index (Phi) is 7.63. The minimum absolute atomic E-state index is 0.167. The molecular formula is C25H24ClNO7. The summed E-state index contributed by atoms with van der Waals surface area (Å²) in [6, 6.07) is 11.1. The number of rotatable bonds is 6. The molecule has 2 aromatic rings. The predicted octanol–water partition coefficient (Wildman–Crippen LogP) is 4.15. The zero-order chi connectivity index (χ0) is 25.0. The van der Waals surface area contributed by atoms with Crippen LogP contribution in [0.25, 0.3) is 0 Å². The van der Waals surface area contributed by atoms with Crippen molar-refractivity contribution >= 4 is 29.5 Å². The van der Waals surface area contributed by atoms with Gasteiger partial charge in [-0.25, -0.2) is 14.4 Å². The Bertz CT molecular complexity index is 1160. The summed E-state index contributed by atoms with van der Waals surface area (Å²) in [6.45, 7) is 3.44. The lowest BCUT2D eigenvalue weighted by Gasteiger charge is -2.30. The fraction of sp³-hybridized carbons (Fsp3) is 0.240. The van der Waals surface area contributed by atoms with Crippen LogP contribution >= 0.6 is 11.6 Å². The highest BCUT2D eigenvalue weighted by Crippen LogP contribution is 2.42. The number of ether oxygens (including phenoxy) is 4. The summed E-state index contributed by atoms with van der Waals surface area (Å²) in [5.41, 5.74) is 2.44. The first-order chi connectivity index (χ1) is 16.2. The molecule has 34 heavy (non-hydrogen) atoms. The van der Waals surface area contributed by atoms with E-state index in [1.165, 1.54) is 21.3 Å². The molecule has 0 saturated carbocycles. The van der Waals surface area contributed by atoms with Crippen LogP contribution in [-0.2, 0) is 19.1 Å². The van der Waals surface area contributed by atoms with E-state index in [9.17, 15) is 14.4 Å². The first kappa shape index (κ1) is 24.9. The number of hydrogen-bond acceptors (Lipinski definition) is 8. The molecule has 8 nitrogen and oxygen atoms in total. The molecule has 0 aliphatic carbocycles. The van der Waals surface area contributed by atoms with E-state index in [0.717, 1.165) is 0 Å². The second kappa shape index (κ2) is 10.4. The Hall–Kier alpha value is -3.78. The van der Waals surface area contributed by atoms with Gasteiger partial charge in [-0.2, -0.15) is 0 Å². The predicted molar refractivity (Wildman–Crippen MR) is 125 cm³/mol. The van der Waals surface area contributed by atoms with E-state index in [-0.39, 0.29) is 22.6 Å². The summed E-state index contributed by atoms with van der Waals surface area (Å²) < 4.78 is 20.9. The van der Waals surface area contributed by atoms with Crippen LogP contribution in [0.15, 0.2) is 65.0 Å². The molecule has 0 spiro atoms. The van der Waals surface area contributed by atoms with Crippen molar-refractivity contribution in [2.24, 2.45) is 0 Å². The van der Waals surface area contributed by atoms with Crippen LogP contribution in [0.3, 0.4) is 0 Å². The van der Waals surface area contributed by atoms with Crippen LogP contribution in [0.2, 0.25) is 5.02 Å². The number of carbonyl (C=O) groups is 3. The Labute approximate surface area is 202 Å². The van der Waals surface area contributed by atoms with Gasteiger partial charge in [-0.15, -0.1) is 0 Å². The van der Waals surface area contributed by atoms with Crippen LogP contribution in [0.1, 0.15) is 35.7 Å². The van der Waals surface area contributed by atoms with Gasteiger partial charge in [-0.05, 0) is 55.8 Å². The molecular weight excluding hydrogens is 462 g/mol. The molecule has 9 heteroatoms. The van der Waals surface area contributed by atoms with Gasteiger partial charge in [-0.3, -0.25) is 0 Å². The number of allylic oxidation sites excluding steroid dienone is 2. The van der Waals surface area contributed by atoms with Crippen molar-refractivity contribution in [3.8, 4) is 11.5 Å². The largest absolute Gasteiger partial charge is 0.493 e. The SMILES string of the molecule is COC(=O)C1=C(C)NC(C)=C(C(=O)OC)C1c1ccc(OC(=O)c2ccc(Cl)cc2)c(OC)c1. The summed E-state index contributed by atoms with van der Waals surface area (Å²) in [5.74, 6) is -2.18. The average Bonchev–Trinajstić information content (AvgIpc) is 2.83. The Morgan fingerprint density at radius 2 is 1.35 bits per heavy atom. The first-order valence-corrected chi connectivity index (χ1v) is 10.6. The molecule has 0 atom stereocenters. The number of carbonyl (C=O) groups excluding carboxylic acids is 3. The minimum atomic E-state index is -0.795. The van der Waals surface area contributed by atoms with Gasteiger partial charge < -0.3 is 24.3 Å². The molecule has 1 heterocycles. The summed E-state index contributed by atoms with van der Waals surface area (Å²) in [6.07, 6.45) is 0. The van der Waals surface area contributed by atoms with Gasteiger partial charge in [0.1, 0.15) is 0 Å². The lowest BCUT2D eigenvalue weighted by atomic mass is 9.80. The fourth-order valence-electron chi connectivity index (χ4n) is 3.78. The second-order valence-corrected chi connectivity index (χ2v) is 7.86.